The Morgan fingerprint density at radius 2 is 2.10 bits per heavy atom. The molecule has 4 nitrogen and oxygen atoms in total. The number of nitrogens with two attached hydrogens (primary N) is 1. The summed E-state index contributed by atoms with van der Waals surface area (Å²) >= 11 is 18.3. The standard InChI is InChI=1S/C14H17Cl3N4/c1-8(13-9(15)3-2-4-10(13)16)21-6-5-20-14(19)11(21)7-12(17)18/h2-4,8,11,18H,5-7H2,1H3,(H2,19,20). The monoisotopic (exact) mass is 346 g/mol. The Kier molecular flexibility index (Phi) is 5.49. The van der Waals surface area contributed by atoms with Crippen LogP contribution in [0, 0.1) is 5.41 Å². The highest BCUT2D eigenvalue weighted by Crippen LogP contribution is 2.35. The Balaban J connectivity index is 2.34. The molecule has 1 aromatic rings. The molecule has 0 saturated carbocycles. The van der Waals surface area contributed by atoms with E-state index < -0.39 is 0 Å². The maximum Gasteiger partial charge on any atom is 0.112 e. The Hall–Kier alpha value is -0.810. The van der Waals surface area contributed by atoms with Crippen LogP contribution in [0.2, 0.25) is 10.0 Å². The van der Waals surface area contributed by atoms with E-state index in [4.69, 9.17) is 45.9 Å². The highest BCUT2D eigenvalue weighted by molar-refractivity contribution is 6.64. The first-order valence-electron chi connectivity index (χ1n) is 6.64. The lowest BCUT2D eigenvalue weighted by atomic mass is 10.0. The van der Waals surface area contributed by atoms with Gasteiger partial charge in [0.05, 0.1) is 17.8 Å². The average molecular weight is 348 g/mol. The van der Waals surface area contributed by atoms with E-state index in [2.05, 4.69) is 9.89 Å². The summed E-state index contributed by atoms with van der Waals surface area (Å²) in [6.45, 7) is 3.36. The van der Waals surface area contributed by atoms with Crippen LogP contribution in [0.5, 0.6) is 0 Å². The largest absolute Gasteiger partial charge is 0.386 e. The van der Waals surface area contributed by atoms with Gasteiger partial charge in [0, 0.05) is 34.6 Å². The number of hydrogen-bond acceptors (Lipinski definition) is 4. The maximum absolute atomic E-state index is 7.52. The predicted molar refractivity (Wildman–Crippen MR) is 90.1 cm³/mol. The number of nitrogens with zero attached hydrogens (tertiary/aromatic N) is 2. The summed E-state index contributed by atoms with van der Waals surface area (Å²) in [5.41, 5.74) is 6.86. The summed E-state index contributed by atoms with van der Waals surface area (Å²) in [6, 6.07) is 5.21. The molecule has 3 N–H and O–H groups in total. The van der Waals surface area contributed by atoms with Gasteiger partial charge < -0.3 is 5.73 Å². The minimum Gasteiger partial charge on any atom is -0.386 e. The molecule has 0 spiro atoms. The second-order valence-electron chi connectivity index (χ2n) is 4.98. The van der Waals surface area contributed by atoms with Crippen LogP contribution in [0.15, 0.2) is 23.2 Å². The minimum atomic E-state index is -0.203. The van der Waals surface area contributed by atoms with Crippen LogP contribution in [0.25, 0.3) is 0 Å². The normalized spacial score (nSPS) is 21.0. The molecule has 0 saturated heterocycles. The molecule has 0 aromatic heterocycles. The Bertz CT molecular complexity index is 553. The van der Waals surface area contributed by atoms with Gasteiger partial charge in [-0.15, -0.1) is 0 Å². The van der Waals surface area contributed by atoms with Crippen LogP contribution in [0.1, 0.15) is 24.9 Å². The topological polar surface area (TPSA) is 65.5 Å². The summed E-state index contributed by atoms with van der Waals surface area (Å²) in [6.07, 6.45) is 0.337. The lowest BCUT2D eigenvalue weighted by molar-refractivity contribution is 0.181. The molecule has 114 valence electrons. The Morgan fingerprint density at radius 3 is 2.67 bits per heavy atom. The first-order valence-corrected chi connectivity index (χ1v) is 7.77. The van der Waals surface area contributed by atoms with Crippen molar-refractivity contribution >= 4 is 45.8 Å². The minimum absolute atomic E-state index is 0.0405. The molecule has 1 aliphatic rings. The van der Waals surface area contributed by atoms with Gasteiger partial charge in [0.2, 0.25) is 0 Å². The van der Waals surface area contributed by atoms with Gasteiger partial charge in [-0.1, -0.05) is 40.9 Å². The van der Waals surface area contributed by atoms with Crippen molar-refractivity contribution in [2.24, 2.45) is 10.7 Å². The van der Waals surface area contributed by atoms with Crippen molar-refractivity contribution in [2.45, 2.75) is 25.4 Å². The third kappa shape index (κ3) is 3.69. The number of benzene rings is 1. The zero-order valence-electron chi connectivity index (χ0n) is 11.6. The smallest absolute Gasteiger partial charge is 0.112 e. The van der Waals surface area contributed by atoms with Gasteiger partial charge in [0.1, 0.15) is 5.84 Å². The van der Waals surface area contributed by atoms with Crippen LogP contribution in [-0.4, -0.2) is 35.0 Å². The Labute approximate surface area is 139 Å². The fourth-order valence-corrected chi connectivity index (χ4v) is 3.52. The lowest BCUT2D eigenvalue weighted by Crippen LogP contribution is -2.51. The highest BCUT2D eigenvalue weighted by atomic mass is 35.5. The molecule has 2 unspecified atom stereocenters. The molecular formula is C14H17Cl3N4. The van der Waals surface area contributed by atoms with Crippen molar-refractivity contribution in [2.75, 3.05) is 13.1 Å². The average Bonchev–Trinajstić information content (AvgIpc) is 2.40. The number of aliphatic imine (C=N–C) groups is 1. The van der Waals surface area contributed by atoms with Crippen LogP contribution in [0.3, 0.4) is 0 Å². The Morgan fingerprint density at radius 1 is 1.48 bits per heavy atom. The molecular weight excluding hydrogens is 331 g/mol. The fourth-order valence-electron chi connectivity index (χ4n) is 2.66. The van der Waals surface area contributed by atoms with Gasteiger partial charge in [-0.2, -0.15) is 0 Å². The van der Waals surface area contributed by atoms with Crippen molar-refractivity contribution in [3.05, 3.63) is 33.8 Å². The molecule has 1 aliphatic heterocycles. The summed E-state index contributed by atoms with van der Waals surface area (Å²) in [7, 11) is 0. The number of hydrogen-bond donors (Lipinski definition) is 2. The van der Waals surface area contributed by atoms with E-state index in [0.29, 0.717) is 28.8 Å². The quantitative estimate of drug-likeness (QED) is 0.816. The van der Waals surface area contributed by atoms with Crippen LogP contribution < -0.4 is 5.73 Å². The molecule has 0 amide bonds. The SMILES string of the molecule is CC(c1c(Cl)cccc1Cl)N1CCN=C(N)C1CC(=N)Cl. The molecule has 7 heteroatoms. The lowest BCUT2D eigenvalue weighted by Gasteiger charge is -2.38. The molecule has 2 atom stereocenters. The van der Waals surface area contributed by atoms with Crippen molar-refractivity contribution in [3.63, 3.8) is 0 Å². The molecule has 1 aromatic carbocycles. The fraction of sp³-hybridized carbons (Fsp3) is 0.429. The summed E-state index contributed by atoms with van der Waals surface area (Å²) in [5.74, 6) is 0.502. The number of rotatable bonds is 4. The van der Waals surface area contributed by atoms with Gasteiger partial charge in [0.15, 0.2) is 0 Å². The zero-order chi connectivity index (χ0) is 15.6. The molecule has 0 radical (unpaired) electrons. The second kappa shape index (κ2) is 6.97. The van der Waals surface area contributed by atoms with Gasteiger partial charge >= 0.3 is 0 Å². The third-order valence-corrected chi connectivity index (χ3v) is 4.50. The van der Waals surface area contributed by atoms with Gasteiger partial charge in [0.25, 0.3) is 0 Å². The van der Waals surface area contributed by atoms with E-state index in [-0.39, 0.29) is 17.3 Å². The third-order valence-electron chi connectivity index (χ3n) is 3.68. The molecule has 0 aliphatic carbocycles. The van der Waals surface area contributed by atoms with E-state index in [9.17, 15) is 0 Å². The van der Waals surface area contributed by atoms with E-state index in [0.717, 1.165) is 12.1 Å². The van der Waals surface area contributed by atoms with Crippen molar-refractivity contribution < 1.29 is 0 Å². The number of halogens is 3. The maximum atomic E-state index is 7.52. The van der Waals surface area contributed by atoms with Crippen LogP contribution in [0.4, 0.5) is 0 Å². The van der Waals surface area contributed by atoms with Gasteiger partial charge in [-0.05, 0) is 19.1 Å². The zero-order valence-corrected chi connectivity index (χ0v) is 13.9. The summed E-state index contributed by atoms with van der Waals surface area (Å²) in [4.78, 5) is 6.41. The molecule has 21 heavy (non-hydrogen) atoms. The summed E-state index contributed by atoms with van der Waals surface area (Å²) < 4.78 is 0. The first kappa shape index (κ1) is 16.6. The molecule has 0 bridgehead atoms. The first-order chi connectivity index (χ1) is 9.91. The van der Waals surface area contributed by atoms with Crippen LogP contribution in [-0.2, 0) is 0 Å². The van der Waals surface area contributed by atoms with Crippen molar-refractivity contribution in [3.8, 4) is 0 Å². The molecule has 1 heterocycles. The van der Waals surface area contributed by atoms with E-state index in [1.165, 1.54) is 0 Å². The van der Waals surface area contributed by atoms with Crippen molar-refractivity contribution in [1.82, 2.24) is 4.90 Å². The molecule has 0 fully saturated rings. The number of nitrogens with one attached hydrogen (secondary N) is 1. The predicted octanol–water partition coefficient (Wildman–Crippen LogP) is 3.70. The van der Waals surface area contributed by atoms with E-state index >= 15 is 0 Å². The second-order valence-corrected chi connectivity index (χ2v) is 6.25. The summed E-state index contributed by atoms with van der Waals surface area (Å²) in [5, 5.41) is 8.82. The highest BCUT2D eigenvalue weighted by Gasteiger charge is 2.32. The number of amidine groups is 1. The van der Waals surface area contributed by atoms with E-state index in [1.54, 1.807) is 0 Å². The van der Waals surface area contributed by atoms with Gasteiger partial charge in [-0.3, -0.25) is 15.3 Å². The molecule has 2 rings (SSSR count). The van der Waals surface area contributed by atoms with Gasteiger partial charge in [-0.25, -0.2) is 0 Å². The van der Waals surface area contributed by atoms with E-state index in [1.807, 2.05) is 25.1 Å². The van der Waals surface area contributed by atoms with Crippen LogP contribution >= 0.6 is 34.8 Å². The van der Waals surface area contributed by atoms with Crippen molar-refractivity contribution in [1.29, 1.82) is 5.41 Å².